The number of anilines is 2. The quantitative estimate of drug-likeness (QED) is 0.470. The number of benzene rings is 1. The molecule has 0 radical (unpaired) electrons. The lowest BCUT2D eigenvalue weighted by Gasteiger charge is -2.29. The van der Waals surface area contributed by atoms with Gasteiger partial charge < -0.3 is 4.90 Å². The van der Waals surface area contributed by atoms with Gasteiger partial charge >= 0.3 is 6.18 Å². The molecule has 0 saturated carbocycles. The Hall–Kier alpha value is -2.77. The first kappa shape index (κ1) is 21.9. The maximum atomic E-state index is 14.9. The second-order valence-electron chi connectivity index (χ2n) is 7.01. The summed E-state index contributed by atoms with van der Waals surface area (Å²) in [5.74, 6) is -2.50. The van der Waals surface area contributed by atoms with Crippen LogP contribution in [0.15, 0.2) is 24.4 Å². The molecule has 0 unspecified atom stereocenters. The maximum absolute atomic E-state index is 14.9. The van der Waals surface area contributed by atoms with E-state index in [2.05, 4.69) is 4.98 Å². The minimum Gasteiger partial charge on any atom is -0.302 e. The largest absolute Gasteiger partial charge is 0.420 e. The van der Waals surface area contributed by atoms with Gasteiger partial charge in [-0.25, -0.2) is 4.39 Å². The van der Waals surface area contributed by atoms with E-state index < -0.39 is 40.3 Å². The summed E-state index contributed by atoms with van der Waals surface area (Å²) in [6, 6.07) is 4.55. The van der Waals surface area contributed by atoms with Crippen LogP contribution in [-0.4, -0.2) is 21.5 Å². The van der Waals surface area contributed by atoms with Crippen LogP contribution in [-0.2, 0) is 11.0 Å². The molecular formula is C19H13ClF4N4OS. The minimum absolute atomic E-state index is 0.247. The number of alkyl halides is 3. The highest BCUT2D eigenvalue weighted by atomic mass is 35.5. The molecule has 1 saturated heterocycles. The molecule has 30 heavy (non-hydrogen) atoms. The van der Waals surface area contributed by atoms with E-state index in [-0.39, 0.29) is 5.11 Å². The van der Waals surface area contributed by atoms with Gasteiger partial charge in [-0.1, -0.05) is 11.6 Å². The number of amides is 1. The van der Waals surface area contributed by atoms with E-state index in [1.165, 1.54) is 37.1 Å². The highest BCUT2D eigenvalue weighted by Gasteiger charge is 2.52. The van der Waals surface area contributed by atoms with Crippen molar-refractivity contribution in [2.24, 2.45) is 0 Å². The van der Waals surface area contributed by atoms with E-state index in [4.69, 9.17) is 29.1 Å². The standard InChI is InChI=1S/C19H13ClF4N4OS/c1-9-12(20)6-11(8-26-9)28-17(30)27(16(29)18(28,2)3)13-5-4-10(7-25)14(15(13)21)19(22,23)24/h4-6,8H,1-3H3. The topological polar surface area (TPSA) is 60.2 Å². The fourth-order valence-corrected chi connectivity index (χ4v) is 3.84. The maximum Gasteiger partial charge on any atom is 0.420 e. The number of halogens is 5. The number of hydrogen-bond donors (Lipinski definition) is 0. The number of carbonyl (C=O) groups excluding carboxylic acids is 1. The van der Waals surface area contributed by atoms with E-state index in [0.717, 1.165) is 12.1 Å². The Morgan fingerprint density at radius 1 is 1.30 bits per heavy atom. The Bertz CT molecular complexity index is 1130. The van der Waals surface area contributed by atoms with Gasteiger partial charge in [-0.05, 0) is 51.2 Å². The average molecular weight is 457 g/mol. The molecule has 0 aliphatic carbocycles. The molecule has 0 N–H and O–H groups in total. The predicted molar refractivity (Wildman–Crippen MR) is 107 cm³/mol. The number of thiocarbonyl (C=S) groups is 1. The zero-order valence-electron chi connectivity index (χ0n) is 15.8. The van der Waals surface area contributed by atoms with Crippen LogP contribution in [0.4, 0.5) is 28.9 Å². The van der Waals surface area contributed by atoms with Gasteiger partial charge in [0.05, 0.1) is 39.9 Å². The third-order valence-corrected chi connectivity index (χ3v) is 5.45. The van der Waals surface area contributed by atoms with Crippen molar-refractivity contribution in [1.82, 2.24) is 4.98 Å². The van der Waals surface area contributed by atoms with E-state index in [9.17, 15) is 22.4 Å². The van der Waals surface area contributed by atoms with Crippen molar-refractivity contribution in [3.63, 3.8) is 0 Å². The lowest BCUT2D eigenvalue weighted by Crippen LogP contribution is -2.44. The number of aryl methyl sites for hydroxylation is 1. The number of rotatable bonds is 2. The molecule has 156 valence electrons. The number of nitriles is 1. The summed E-state index contributed by atoms with van der Waals surface area (Å²) in [7, 11) is 0. The summed E-state index contributed by atoms with van der Waals surface area (Å²) < 4.78 is 55.1. The lowest BCUT2D eigenvalue weighted by molar-refractivity contribution is -0.140. The van der Waals surface area contributed by atoms with Crippen molar-refractivity contribution in [2.45, 2.75) is 32.5 Å². The van der Waals surface area contributed by atoms with Crippen molar-refractivity contribution in [2.75, 3.05) is 9.80 Å². The van der Waals surface area contributed by atoms with Gasteiger partial charge in [-0.3, -0.25) is 14.7 Å². The van der Waals surface area contributed by atoms with Crippen molar-refractivity contribution in [1.29, 1.82) is 5.26 Å². The molecule has 1 aliphatic rings. The summed E-state index contributed by atoms with van der Waals surface area (Å²) in [5.41, 5.74) is -3.86. The van der Waals surface area contributed by atoms with Crippen molar-refractivity contribution in [3.05, 3.63) is 52.1 Å². The number of aromatic nitrogens is 1. The van der Waals surface area contributed by atoms with E-state index in [1.54, 1.807) is 6.92 Å². The molecule has 1 aromatic heterocycles. The molecule has 11 heteroatoms. The number of pyridine rings is 1. The van der Waals surface area contributed by atoms with Gasteiger partial charge in [0.25, 0.3) is 5.91 Å². The molecule has 1 amide bonds. The SMILES string of the molecule is Cc1ncc(N2C(=S)N(c3ccc(C#N)c(C(F)(F)F)c3F)C(=O)C2(C)C)cc1Cl. The number of carbonyl (C=O) groups is 1. The molecule has 1 aromatic carbocycles. The normalized spacial score (nSPS) is 16.2. The van der Waals surface area contributed by atoms with Gasteiger partial charge in [0.2, 0.25) is 0 Å². The predicted octanol–water partition coefficient (Wildman–Crippen LogP) is 4.99. The Balaban J connectivity index is 2.19. The van der Waals surface area contributed by atoms with Crippen LogP contribution in [0.2, 0.25) is 5.02 Å². The van der Waals surface area contributed by atoms with Crippen LogP contribution in [0.3, 0.4) is 0 Å². The number of hydrogen-bond acceptors (Lipinski definition) is 4. The van der Waals surface area contributed by atoms with Crippen LogP contribution in [0.1, 0.15) is 30.7 Å². The third-order valence-electron chi connectivity index (χ3n) is 4.70. The van der Waals surface area contributed by atoms with Gasteiger partial charge in [-0.15, -0.1) is 0 Å². The highest BCUT2D eigenvalue weighted by molar-refractivity contribution is 7.81. The van der Waals surface area contributed by atoms with Gasteiger partial charge in [0.1, 0.15) is 11.1 Å². The first-order valence-electron chi connectivity index (χ1n) is 8.43. The third kappa shape index (κ3) is 3.28. The van der Waals surface area contributed by atoms with Gasteiger partial charge in [-0.2, -0.15) is 18.4 Å². The Morgan fingerprint density at radius 2 is 1.93 bits per heavy atom. The zero-order valence-corrected chi connectivity index (χ0v) is 17.4. The average Bonchev–Trinajstić information content (AvgIpc) is 2.81. The Kier molecular flexibility index (Phi) is 5.25. The first-order chi connectivity index (χ1) is 13.8. The molecule has 5 nitrogen and oxygen atoms in total. The lowest BCUT2D eigenvalue weighted by atomic mass is 10.0. The first-order valence-corrected chi connectivity index (χ1v) is 9.21. The van der Waals surface area contributed by atoms with Crippen LogP contribution < -0.4 is 9.80 Å². The van der Waals surface area contributed by atoms with E-state index >= 15 is 0 Å². The molecule has 2 heterocycles. The number of nitrogens with zero attached hydrogens (tertiary/aromatic N) is 4. The Morgan fingerprint density at radius 3 is 2.47 bits per heavy atom. The molecule has 0 bridgehead atoms. The summed E-state index contributed by atoms with van der Waals surface area (Å²) >= 11 is 11.4. The summed E-state index contributed by atoms with van der Waals surface area (Å²) in [6.07, 6.45) is -3.73. The second kappa shape index (κ2) is 7.18. The van der Waals surface area contributed by atoms with Crippen LogP contribution in [0, 0.1) is 24.1 Å². The monoisotopic (exact) mass is 456 g/mol. The molecule has 1 aliphatic heterocycles. The van der Waals surface area contributed by atoms with Crippen molar-refractivity contribution >= 4 is 46.2 Å². The molecule has 3 rings (SSSR count). The van der Waals surface area contributed by atoms with E-state index in [1.807, 2.05) is 0 Å². The van der Waals surface area contributed by atoms with Gasteiger partial charge in [0.15, 0.2) is 10.9 Å². The highest BCUT2D eigenvalue weighted by Crippen LogP contribution is 2.42. The van der Waals surface area contributed by atoms with Crippen molar-refractivity contribution in [3.8, 4) is 6.07 Å². The van der Waals surface area contributed by atoms with Crippen molar-refractivity contribution < 1.29 is 22.4 Å². The second-order valence-corrected chi connectivity index (χ2v) is 7.78. The fourth-order valence-electron chi connectivity index (χ4n) is 3.17. The summed E-state index contributed by atoms with van der Waals surface area (Å²) in [4.78, 5) is 19.2. The summed E-state index contributed by atoms with van der Waals surface area (Å²) in [6.45, 7) is 4.64. The summed E-state index contributed by atoms with van der Waals surface area (Å²) in [5, 5.41) is 8.98. The van der Waals surface area contributed by atoms with Crippen LogP contribution in [0.25, 0.3) is 0 Å². The van der Waals surface area contributed by atoms with Crippen LogP contribution >= 0.6 is 23.8 Å². The fraction of sp³-hybridized carbons (Fsp3) is 0.263. The molecular weight excluding hydrogens is 444 g/mol. The zero-order chi connectivity index (χ0) is 22.6. The molecule has 0 spiro atoms. The van der Waals surface area contributed by atoms with Crippen LogP contribution in [0.5, 0.6) is 0 Å². The minimum atomic E-state index is -5.14. The van der Waals surface area contributed by atoms with E-state index in [0.29, 0.717) is 21.3 Å². The molecule has 1 fully saturated rings. The molecule has 2 aromatic rings. The van der Waals surface area contributed by atoms with Gasteiger partial charge in [0, 0.05) is 0 Å². The smallest absolute Gasteiger partial charge is 0.302 e. The molecule has 0 atom stereocenters. The Labute approximate surface area is 179 Å².